The van der Waals surface area contributed by atoms with Crippen molar-refractivity contribution in [2.24, 2.45) is 5.73 Å². The number of thioether (sulfide) groups is 1. The number of primary amides is 1. The Bertz CT molecular complexity index is 895. The molecule has 2 fully saturated rings. The molecule has 2 aliphatic rings. The zero-order chi connectivity index (χ0) is 21.7. The fraction of sp³-hybridized carbons (Fsp3) is 0.400. The monoisotopic (exact) mass is 433 g/mol. The van der Waals surface area contributed by atoms with Gasteiger partial charge in [0.1, 0.15) is 6.54 Å². The van der Waals surface area contributed by atoms with E-state index < -0.39 is 17.1 Å². The van der Waals surface area contributed by atoms with Crippen molar-refractivity contribution in [3.8, 4) is 11.5 Å². The number of likely N-dealkylation sites (tertiary alicyclic amines) is 1. The van der Waals surface area contributed by atoms with Crippen LogP contribution in [0.2, 0.25) is 0 Å². The second-order valence-corrected chi connectivity index (χ2v) is 7.74. The van der Waals surface area contributed by atoms with E-state index in [-0.39, 0.29) is 24.0 Å². The second-order valence-electron chi connectivity index (χ2n) is 6.75. The lowest BCUT2D eigenvalue weighted by molar-refractivity contribution is -0.135. The van der Waals surface area contributed by atoms with Gasteiger partial charge in [-0.05, 0) is 55.3 Å². The van der Waals surface area contributed by atoms with E-state index in [1.165, 1.54) is 0 Å². The normalized spacial score (nSPS) is 17.7. The van der Waals surface area contributed by atoms with Gasteiger partial charge in [0.25, 0.3) is 17.1 Å². The van der Waals surface area contributed by atoms with Crippen LogP contribution in [0.25, 0.3) is 6.08 Å². The predicted octanol–water partition coefficient (Wildman–Crippen LogP) is 1.61. The number of benzene rings is 1. The third kappa shape index (κ3) is 5.12. The third-order valence-electron chi connectivity index (χ3n) is 4.56. The van der Waals surface area contributed by atoms with E-state index in [0.717, 1.165) is 29.5 Å². The fourth-order valence-electron chi connectivity index (χ4n) is 3.14. The molecule has 0 bridgehead atoms. The molecule has 0 unspecified atom stereocenters. The Kier molecular flexibility index (Phi) is 6.99. The van der Waals surface area contributed by atoms with E-state index in [0.29, 0.717) is 36.8 Å². The average Bonchev–Trinajstić information content (AvgIpc) is 3.32. The zero-order valence-corrected chi connectivity index (χ0v) is 17.4. The Hall–Kier alpha value is -3.01. The summed E-state index contributed by atoms with van der Waals surface area (Å²) >= 11 is 0.793. The number of ether oxygens (including phenoxy) is 2. The molecule has 30 heavy (non-hydrogen) atoms. The number of hydrogen-bond acceptors (Lipinski definition) is 7. The predicted molar refractivity (Wildman–Crippen MR) is 111 cm³/mol. The lowest BCUT2D eigenvalue weighted by atomic mass is 10.2. The first-order valence-electron chi connectivity index (χ1n) is 9.60. The van der Waals surface area contributed by atoms with Gasteiger partial charge in [-0.1, -0.05) is 6.07 Å². The highest BCUT2D eigenvalue weighted by molar-refractivity contribution is 8.18. The van der Waals surface area contributed by atoms with Crippen molar-refractivity contribution < 1.29 is 28.7 Å². The maximum Gasteiger partial charge on any atom is 0.294 e. The lowest BCUT2D eigenvalue weighted by Crippen LogP contribution is -2.40. The molecule has 2 aliphatic heterocycles. The van der Waals surface area contributed by atoms with Gasteiger partial charge in [0, 0.05) is 13.1 Å². The summed E-state index contributed by atoms with van der Waals surface area (Å²) in [7, 11) is 0. The minimum atomic E-state index is -0.612. The summed E-state index contributed by atoms with van der Waals surface area (Å²) in [6.45, 7) is 2.96. The quantitative estimate of drug-likeness (QED) is 0.619. The van der Waals surface area contributed by atoms with E-state index >= 15 is 0 Å². The molecule has 0 aromatic heterocycles. The van der Waals surface area contributed by atoms with Crippen LogP contribution < -0.4 is 15.2 Å². The van der Waals surface area contributed by atoms with E-state index in [9.17, 15) is 19.2 Å². The summed E-state index contributed by atoms with van der Waals surface area (Å²) < 4.78 is 10.9. The molecule has 1 aromatic rings. The molecule has 4 amide bonds. The standard InChI is InChI=1S/C20H23N3O6S/c1-2-28-15-9-13(5-6-14(15)29-12-17(21)24)10-16-19(26)23(20(27)30-16)11-18(25)22-7-3-4-8-22/h5-6,9-10H,2-4,7-8,11-12H2,1H3,(H2,21,24)/b16-10-. The SMILES string of the molecule is CCOc1cc(/C=C2\SC(=O)N(CC(=O)N3CCCC3)C2=O)ccc1OCC(N)=O. The maximum absolute atomic E-state index is 12.7. The van der Waals surface area contributed by atoms with Gasteiger partial charge in [-0.3, -0.25) is 24.1 Å². The molecule has 0 radical (unpaired) electrons. The average molecular weight is 433 g/mol. The maximum atomic E-state index is 12.7. The number of rotatable bonds is 8. The van der Waals surface area contributed by atoms with Gasteiger partial charge in [0.15, 0.2) is 18.1 Å². The van der Waals surface area contributed by atoms with Crippen LogP contribution in [-0.2, 0) is 14.4 Å². The van der Waals surface area contributed by atoms with E-state index in [1.807, 2.05) is 0 Å². The van der Waals surface area contributed by atoms with Gasteiger partial charge in [0.2, 0.25) is 5.91 Å². The smallest absolute Gasteiger partial charge is 0.294 e. The van der Waals surface area contributed by atoms with E-state index in [4.69, 9.17) is 15.2 Å². The van der Waals surface area contributed by atoms with Crippen molar-refractivity contribution in [1.29, 1.82) is 0 Å². The van der Waals surface area contributed by atoms with Crippen LogP contribution in [-0.4, -0.2) is 65.6 Å². The van der Waals surface area contributed by atoms with Crippen molar-refractivity contribution >= 4 is 40.8 Å². The van der Waals surface area contributed by atoms with Gasteiger partial charge in [-0.25, -0.2) is 0 Å². The van der Waals surface area contributed by atoms with Gasteiger partial charge < -0.3 is 20.1 Å². The highest BCUT2D eigenvalue weighted by Crippen LogP contribution is 2.34. The fourth-order valence-corrected chi connectivity index (χ4v) is 3.98. The van der Waals surface area contributed by atoms with Gasteiger partial charge in [-0.2, -0.15) is 0 Å². The van der Waals surface area contributed by atoms with Gasteiger partial charge >= 0.3 is 0 Å². The molecule has 0 aliphatic carbocycles. The van der Waals surface area contributed by atoms with Crippen molar-refractivity contribution in [2.45, 2.75) is 19.8 Å². The molecular formula is C20H23N3O6S. The van der Waals surface area contributed by atoms with Crippen LogP contribution in [0, 0.1) is 0 Å². The number of carbonyl (C=O) groups is 4. The van der Waals surface area contributed by atoms with Crippen LogP contribution in [0.1, 0.15) is 25.3 Å². The van der Waals surface area contributed by atoms with Crippen LogP contribution in [0.15, 0.2) is 23.1 Å². The number of imide groups is 1. The first kappa shape index (κ1) is 21.7. The molecule has 160 valence electrons. The van der Waals surface area contributed by atoms with Crippen molar-refractivity contribution in [2.75, 3.05) is 32.8 Å². The highest BCUT2D eigenvalue weighted by atomic mass is 32.2. The Morgan fingerprint density at radius 3 is 2.57 bits per heavy atom. The molecule has 1 aromatic carbocycles. The zero-order valence-electron chi connectivity index (χ0n) is 16.6. The van der Waals surface area contributed by atoms with Crippen LogP contribution in [0.5, 0.6) is 11.5 Å². The molecule has 0 spiro atoms. The van der Waals surface area contributed by atoms with Crippen LogP contribution >= 0.6 is 11.8 Å². The van der Waals surface area contributed by atoms with Gasteiger partial charge in [0.05, 0.1) is 11.5 Å². The van der Waals surface area contributed by atoms with Gasteiger partial charge in [-0.15, -0.1) is 0 Å². The molecular weight excluding hydrogens is 410 g/mol. The topological polar surface area (TPSA) is 119 Å². The number of nitrogens with two attached hydrogens (primary N) is 1. The van der Waals surface area contributed by atoms with Crippen LogP contribution in [0.4, 0.5) is 4.79 Å². The second kappa shape index (κ2) is 9.66. The number of amides is 4. The summed E-state index contributed by atoms with van der Waals surface area (Å²) in [6.07, 6.45) is 3.44. The molecule has 0 atom stereocenters. The first-order chi connectivity index (χ1) is 14.4. The number of nitrogens with zero attached hydrogens (tertiary/aromatic N) is 2. The Morgan fingerprint density at radius 2 is 1.90 bits per heavy atom. The molecule has 3 rings (SSSR count). The minimum Gasteiger partial charge on any atom is -0.490 e. The summed E-state index contributed by atoms with van der Waals surface area (Å²) in [5.74, 6) is -0.595. The molecule has 2 saturated heterocycles. The minimum absolute atomic E-state index is 0.217. The Morgan fingerprint density at radius 1 is 1.17 bits per heavy atom. The molecule has 10 heteroatoms. The first-order valence-corrected chi connectivity index (χ1v) is 10.4. The van der Waals surface area contributed by atoms with E-state index in [1.54, 1.807) is 36.1 Å². The summed E-state index contributed by atoms with van der Waals surface area (Å²) in [6, 6.07) is 4.91. The molecule has 2 N–H and O–H groups in total. The summed E-state index contributed by atoms with van der Waals surface area (Å²) in [5.41, 5.74) is 5.71. The number of carbonyl (C=O) groups excluding carboxylic acids is 4. The van der Waals surface area contributed by atoms with Crippen molar-refractivity contribution in [3.05, 3.63) is 28.7 Å². The van der Waals surface area contributed by atoms with Crippen molar-refractivity contribution in [1.82, 2.24) is 9.80 Å². The Balaban J connectivity index is 1.74. The summed E-state index contributed by atoms with van der Waals surface area (Å²) in [5, 5.41) is -0.467. The Labute approximate surface area is 178 Å². The largest absolute Gasteiger partial charge is 0.490 e. The molecule has 0 saturated carbocycles. The summed E-state index contributed by atoms with van der Waals surface area (Å²) in [4.78, 5) is 51.1. The molecule has 2 heterocycles. The van der Waals surface area contributed by atoms with Crippen molar-refractivity contribution in [3.63, 3.8) is 0 Å². The lowest BCUT2D eigenvalue weighted by Gasteiger charge is -2.18. The third-order valence-corrected chi connectivity index (χ3v) is 5.47. The van der Waals surface area contributed by atoms with E-state index in [2.05, 4.69) is 0 Å². The van der Waals surface area contributed by atoms with Crippen LogP contribution in [0.3, 0.4) is 0 Å². The molecule has 9 nitrogen and oxygen atoms in total. The highest BCUT2D eigenvalue weighted by Gasteiger charge is 2.37. The number of hydrogen-bond donors (Lipinski definition) is 1.